The molecule has 2 aliphatic rings. The Morgan fingerprint density at radius 2 is 0.657 bits per heavy atom. The zero-order valence-corrected chi connectivity index (χ0v) is 55.5. The standard InChI is InChI=1S/C32H12BF24.C30H33N2P.C8H12.Ir/c34-25(35,36)13-1-14(26(37,38)39)6-21(5-13)33(22-7-15(27(40,41)42)2-16(8-22)28(43,44)45,23-9-17(29(46,47)48)3-18(10-23)30(49,50)51)24-11-19(31(52,53)54)4-20(12-24)32(55,56)57;1-21-13-22(2)16-27(15-21)33(28-17-23(3)14-24(4)18-28)20-26-11-8-12-32-19-29(31-30(26)32)25-9-6-5-7-10-25;1-2-4-6-8-7-5-3-1;/h1-12H;5-7,9-10,13-19,26H,8,11-12,20H2,1-4H3;1-2,7-8H,3-6H2;/q-1;;;/t;26-;;/m.1../s1. The number of fused-ring (bicyclic) bond motifs is 1. The summed E-state index contributed by atoms with van der Waals surface area (Å²) in [6, 6.07) is 16.1. The molecule has 0 unspecified atom stereocenters. The number of aryl methyl sites for hydroxylation is 5. The smallest absolute Gasteiger partial charge is 0.334 e. The maximum absolute atomic E-state index is 14.2. The number of nitrogens with zero attached hydrogens (tertiary/aromatic N) is 2. The summed E-state index contributed by atoms with van der Waals surface area (Å²) in [5.74, 6) is 1.77. The van der Waals surface area contributed by atoms with Crippen molar-refractivity contribution in [3.63, 3.8) is 0 Å². The van der Waals surface area contributed by atoms with E-state index in [1.165, 1.54) is 82.8 Å². The Kier molecular flexibility index (Phi) is 24.4. The Morgan fingerprint density at radius 1 is 0.384 bits per heavy atom. The molecule has 1 atom stereocenters. The van der Waals surface area contributed by atoms with E-state index in [4.69, 9.17) is 4.98 Å². The SMILES string of the molecule is Cc1cc(C)cc(P(C[C@H]2CCCn3cc(-c4ccccc4)nc32)c2cc(C)cc(C)c2)c1.FC(F)(F)c1cc([B-](c2cc(C(F)(F)F)cc(C(F)(F)F)c2)(c2cc(C(F)(F)F)cc(C(F)(F)F)c2)c2cc(C(F)(F)F)cc(C(F)(F)F)c2)cc(C(F)(F)F)c1.[CH]1[CH]CC[CH][CH]CC1.[Ir]. The monoisotopic (exact) mass is 1620 g/mol. The molecule has 1 fully saturated rings. The number of rotatable bonds is 9. The van der Waals surface area contributed by atoms with Gasteiger partial charge in [-0.15, -0.1) is 0 Å². The summed E-state index contributed by atoms with van der Waals surface area (Å²) in [5.41, 5.74) is -22.4. The van der Waals surface area contributed by atoms with Crippen LogP contribution in [0.4, 0.5) is 105 Å². The summed E-state index contributed by atoms with van der Waals surface area (Å²) in [5, 5.41) is 3.00. The Hall–Kier alpha value is -6.79. The summed E-state index contributed by atoms with van der Waals surface area (Å²) in [7, 11) is -0.461. The van der Waals surface area contributed by atoms with Gasteiger partial charge in [-0.1, -0.05) is 138 Å². The van der Waals surface area contributed by atoms with Gasteiger partial charge in [0.1, 0.15) is 12.0 Å². The fourth-order valence-corrected chi connectivity index (χ4v) is 15.2. The Labute approximate surface area is 568 Å². The van der Waals surface area contributed by atoms with Crippen LogP contribution in [0.15, 0.2) is 146 Å². The maximum Gasteiger partial charge on any atom is 0.416 e. The maximum atomic E-state index is 14.2. The third kappa shape index (κ3) is 19.9. The van der Waals surface area contributed by atoms with Gasteiger partial charge in [-0.05, 0) is 141 Å². The van der Waals surface area contributed by atoms with Gasteiger partial charge in [-0.3, -0.25) is 0 Å². The van der Waals surface area contributed by atoms with Crippen LogP contribution in [0.25, 0.3) is 11.3 Å². The quantitative estimate of drug-likeness (QED) is 0.0800. The Morgan fingerprint density at radius 3 is 0.919 bits per heavy atom. The van der Waals surface area contributed by atoms with E-state index in [0.717, 1.165) is 18.4 Å². The van der Waals surface area contributed by atoms with E-state index in [2.05, 4.69) is 131 Å². The minimum absolute atomic E-state index is 0. The van der Waals surface area contributed by atoms with Gasteiger partial charge in [0.05, 0.1) is 50.2 Å². The molecule has 99 heavy (non-hydrogen) atoms. The first-order chi connectivity index (χ1) is 45.2. The van der Waals surface area contributed by atoms with Crippen LogP contribution in [0.3, 0.4) is 0 Å². The first-order valence-electron chi connectivity index (χ1n) is 29.9. The van der Waals surface area contributed by atoms with E-state index in [9.17, 15) is 105 Å². The first-order valence-corrected chi connectivity index (χ1v) is 31.5. The Balaban J connectivity index is 0.000000273. The van der Waals surface area contributed by atoms with Crippen LogP contribution in [-0.2, 0) is 76.1 Å². The molecule has 1 aliphatic carbocycles. The van der Waals surface area contributed by atoms with E-state index >= 15 is 0 Å². The van der Waals surface area contributed by atoms with Gasteiger partial charge in [0.15, 0.2) is 0 Å². The molecule has 2 heterocycles. The van der Waals surface area contributed by atoms with Crippen molar-refractivity contribution < 1.29 is 125 Å². The average molecular weight is 1620 g/mol. The summed E-state index contributed by atoms with van der Waals surface area (Å²) < 4.78 is 343. The van der Waals surface area contributed by atoms with Crippen LogP contribution in [0.5, 0.6) is 0 Å². The van der Waals surface area contributed by atoms with Crippen molar-refractivity contribution in [3.8, 4) is 11.3 Å². The minimum Gasteiger partial charge on any atom is -0.334 e. The summed E-state index contributed by atoms with van der Waals surface area (Å²) in [4.78, 5) is 5.19. The number of imidazole rings is 1. The summed E-state index contributed by atoms with van der Waals surface area (Å²) >= 11 is 0. The van der Waals surface area contributed by atoms with Crippen LogP contribution < -0.4 is 32.5 Å². The summed E-state index contributed by atoms with van der Waals surface area (Å²) in [6.07, 6.45) is -34.9. The first kappa shape index (κ1) is 79.5. The van der Waals surface area contributed by atoms with Gasteiger partial charge in [-0.25, -0.2) is 4.98 Å². The van der Waals surface area contributed by atoms with Crippen LogP contribution in [0.2, 0.25) is 0 Å². The number of aromatic nitrogens is 2. The molecule has 0 bridgehead atoms. The molecular formula is C70H57BF24IrN2P-. The van der Waals surface area contributed by atoms with Crippen molar-refractivity contribution in [1.29, 1.82) is 0 Å². The molecule has 0 N–H and O–H groups in total. The van der Waals surface area contributed by atoms with E-state index < -0.39 is 203 Å². The average Bonchev–Trinajstić information content (AvgIpc) is 0.730. The van der Waals surface area contributed by atoms with Gasteiger partial charge in [0.2, 0.25) is 0 Å². The number of hydrogen-bond acceptors (Lipinski definition) is 1. The number of benzene rings is 7. The molecule has 1 aromatic heterocycles. The fraction of sp³-hybridized carbons (Fsp3) is 0.300. The molecule has 29 heteroatoms. The van der Waals surface area contributed by atoms with E-state index in [1.54, 1.807) is 0 Å². The normalized spacial score (nSPS) is 15.4. The second-order valence-electron chi connectivity index (χ2n) is 24.0. The van der Waals surface area contributed by atoms with Crippen LogP contribution >= 0.6 is 7.92 Å². The molecule has 2 nitrogen and oxygen atoms in total. The Bertz CT molecular complexity index is 3530. The van der Waals surface area contributed by atoms with Gasteiger partial charge in [0, 0.05) is 44.3 Å². The van der Waals surface area contributed by atoms with E-state index in [-0.39, 0.29) is 20.1 Å². The third-order valence-electron chi connectivity index (χ3n) is 16.4. The van der Waals surface area contributed by atoms with Crippen LogP contribution in [-0.4, -0.2) is 21.9 Å². The molecule has 5 radical (unpaired) electrons. The molecule has 10 rings (SSSR count). The van der Waals surface area contributed by atoms with Crippen LogP contribution in [0.1, 0.15) is 117 Å². The van der Waals surface area contributed by atoms with Crippen molar-refractivity contribution in [2.45, 2.75) is 128 Å². The van der Waals surface area contributed by atoms with Crippen molar-refractivity contribution in [1.82, 2.24) is 9.55 Å². The minimum atomic E-state index is -6.13. The molecule has 0 spiro atoms. The van der Waals surface area contributed by atoms with Crippen molar-refractivity contribution in [2.75, 3.05) is 6.16 Å². The molecule has 533 valence electrons. The van der Waals surface area contributed by atoms with Crippen molar-refractivity contribution in [3.05, 3.63) is 244 Å². The van der Waals surface area contributed by atoms with Crippen molar-refractivity contribution in [2.24, 2.45) is 0 Å². The summed E-state index contributed by atoms with van der Waals surface area (Å²) in [6.45, 7) is 9.99. The molecular weight excluding hydrogens is 1560 g/mol. The molecule has 1 saturated carbocycles. The van der Waals surface area contributed by atoms with Gasteiger partial charge in [0.25, 0.3) is 0 Å². The molecule has 0 saturated heterocycles. The predicted octanol–water partition coefficient (Wildman–Crippen LogP) is 20.4. The van der Waals surface area contributed by atoms with E-state index in [0.29, 0.717) is 5.92 Å². The largest absolute Gasteiger partial charge is 0.416 e. The molecule has 7 aromatic carbocycles. The van der Waals surface area contributed by atoms with Gasteiger partial charge < -0.3 is 4.57 Å². The zero-order valence-electron chi connectivity index (χ0n) is 52.2. The second-order valence-corrected chi connectivity index (χ2v) is 26.3. The number of hydrogen-bond donors (Lipinski definition) is 0. The number of alkyl halides is 24. The fourth-order valence-electron chi connectivity index (χ4n) is 12.2. The van der Waals surface area contributed by atoms with E-state index in [1.807, 2.05) is 0 Å². The van der Waals surface area contributed by atoms with Crippen LogP contribution in [0, 0.1) is 53.4 Å². The number of halogens is 24. The van der Waals surface area contributed by atoms with Gasteiger partial charge in [-0.2, -0.15) is 127 Å². The van der Waals surface area contributed by atoms with Gasteiger partial charge >= 0.3 is 49.4 Å². The topological polar surface area (TPSA) is 17.8 Å². The predicted molar refractivity (Wildman–Crippen MR) is 328 cm³/mol. The van der Waals surface area contributed by atoms with Crippen molar-refractivity contribution >= 4 is 46.5 Å². The third-order valence-corrected chi connectivity index (χ3v) is 19.0. The molecule has 8 aromatic rings. The molecule has 1 aliphatic heterocycles. The zero-order chi connectivity index (χ0) is 72.5. The second kappa shape index (κ2) is 30.4. The molecule has 0 amide bonds.